The predicted octanol–water partition coefficient (Wildman–Crippen LogP) is 3.88. The number of esters is 1. The molecule has 0 bridgehead atoms. The molecule has 1 aliphatic carbocycles. The molecule has 0 heterocycles. The molecule has 0 fully saturated rings. The number of ether oxygens (including phenoxy) is 1. The van der Waals surface area contributed by atoms with E-state index in [1.807, 2.05) is 30.3 Å². The zero-order valence-corrected chi connectivity index (χ0v) is 17.4. The molecular formula is C26H19NO6. The smallest absolute Gasteiger partial charge is 0.338 e. The van der Waals surface area contributed by atoms with Crippen LogP contribution in [-0.4, -0.2) is 35.3 Å². The standard InChI is InChI=1S/C26H19NO6/c28-23(19-6-5-18-13-17-3-1-2-4-21(17)22(18)14-19)15-33-26(32)16-7-9-20(10-8-16)27-24(29)11-12-25(30)31/h1-12,14H,13,15H2,(H,27,29)(H,30,31)/b12-11+. The molecule has 2 N–H and O–H groups in total. The number of Topliss-reactive ketones (excluding diaryl/α,β-unsaturated/α-hetero) is 1. The van der Waals surface area contributed by atoms with Crippen molar-refractivity contribution in [2.45, 2.75) is 6.42 Å². The van der Waals surface area contributed by atoms with Gasteiger partial charge in [0.05, 0.1) is 5.56 Å². The van der Waals surface area contributed by atoms with Crippen LogP contribution < -0.4 is 5.32 Å². The fraction of sp³-hybridized carbons (Fsp3) is 0.0769. The van der Waals surface area contributed by atoms with Crippen molar-refractivity contribution in [3.63, 3.8) is 0 Å². The Kier molecular flexibility index (Phi) is 6.13. The first-order valence-corrected chi connectivity index (χ1v) is 10.1. The van der Waals surface area contributed by atoms with Crippen LogP contribution in [-0.2, 0) is 20.7 Å². The highest BCUT2D eigenvalue weighted by atomic mass is 16.5. The number of hydrogen-bond acceptors (Lipinski definition) is 5. The molecule has 0 unspecified atom stereocenters. The lowest BCUT2D eigenvalue weighted by Gasteiger charge is -2.08. The quantitative estimate of drug-likeness (QED) is 0.256. The minimum Gasteiger partial charge on any atom is -0.478 e. The first-order chi connectivity index (χ1) is 15.9. The molecule has 0 spiro atoms. The van der Waals surface area contributed by atoms with E-state index in [0.29, 0.717) is 11.3 Å². The van der Waals surface area contributed by atoms with Gasteiger partial charge in [0, 0.05) is 23.4 Å². The van der Waals surface area contributed by atoms with Crippen molar-refractivity contribution < 1.29 is 29.0 Å². The second-order valence-corrected chi connectivity index (χ2v) is 7.44. The van der Waals surface area contributed by atoms with Crippen LogP contribution in [0.2, 0.25) is 0 Å². The molecule has 0 radical (unpaired) electrons. The number of hydrogen-bond donors (Lipinski definition) is 2. The van der Waals surface area contributed by atoms with Crippen molar-refractivity contribution in [1.82, 2.24) is 0 Å². The van der Waals surface area contributed by atoms with Crippen LogP contribution in [0.3, 0.4) is 0 Å². The molecule has 0 aromatic heterocycles. The Morgan fingerprint density at radius 1 is 0.848 bits per heavy atom. The molecule has 7 heteroatoms. The number of fused-ring (bicyclic) bond motifs is 3. The molecule has 1 amide bonds. The lowest BCUT2D eigenvalue weighted by Crippen LogP contribution is -2.14. The summed E-state index contributed by atoms with van der Waals surface area (Å²) in [6, 6.07) is 19.4. The Balaban J connectivity index is 1.35. The number of benzene rings is 3. The Labute approximate surface area is 189 Å². The van der Waals surface area contributed by atoms with Gasteiger partial charge in [-0.15, -0.1) is 0 Å². The van der Waals surface area contributed by atoms with Crippen LogP contribution in [0.4, 0.5) is 5.69 Å². The largest absolute Gasteiger partial charge is 0.478 e. The Hall–Kier alpha value is -4.52. The molecule has 3 aromatic rings. The summed E-state index contributed by atoms with van der Waals surface area (Å²) >= 11 is 0. The molecule has 3 aromatic carbocycles. The molecule has 0 aliphatic heterocycles. The van der Waals surface area contributed by atoms with Crippen molar-refractivity contribution in [1.29, 1.82) is 0 Å². The van der Waals surface area contributed by atoms with Gasteiger partial charge in [-0.05, 0) is 59.0 Å². The van der Waals surface area contributed by atoms with E-state index in [9.17, 15) is 19.2 Å². The second-order valence-electron chi connectivity index (χ2n) is 7.44. The third-order valence-corrected chi connectivity index (χ3v) is 5.22. The van der Waals surface area contributed by atoms with Gasteiger partial charge in [0.25, 0.3) is 0 Å². The number of carbonyl (C=O) groups excluding carboxylic acids is 3. The maximum atomic E-state index is 12.6. The van der Waals surface area contributed by atoms with E-state index < -0.39 is 24.5 Å². The van der Waals surface area contributed by atoms with Crippen LogP contribution in [0, 0.1) is 0 Å². The molecule has 164 valence electrons. The average molecular weight is 441 g/mol. The van der Waals surface area contributed by atoms with Gasteiger partial charge in [0.1, 0.15) is 0 Å². The number of carboxylic acids is 1. The summed E-state index contributed by atoms with van der Waals surface area (Å²) in [6.07, 6.45) is 2.44. The first kappa shape index (κ1) is 21.7. The summed E-state index contributed by atoms with van der Waals surface area (Å²) in [6.45, 7) is -0.391. The zero-order valence-electron chi connectivity index (χ0n) is 17.4. The summed E-state index contributed by atoms with van der Waals surface area (Å²) in [5.41, 5.74) is 5.59. The minimum atomic E-state index is -1.23. The zero-order chi connectivity index (χ0) is 23.4. The summed E-state index contributed by atoms with van der Waals surface area (Å²) in [7, 11) is 0. The fourth-order valence-corrected chi connectivity index (χ4v) is 3.62. The molecule has 7 nitrogen and oxygen atoms in total. The lowest BCUT2D eigenvalue weighted by atomic mass is 10.0. The number of aliphatic carboxylic acids is 1. The maximum absolute atomic E-state index is 12.6. The molecule has 0 saturated carbocycles. The van der Waals surface area contributed by atoms with E-state index in [4.69, 9.17) is 9.84 Å². The van der Waals surface area contributed by atoms with Crippen molar-refractivity contribution >= 4 is 29.3 Å². The number of amides is 1. The summed E-state index contributed by atoms with van der Waals surface area (Å²) < 4.78 is 5.17. The normalized spacial score (nSPS) is 11.5. The highest BCUT2D eigenvalue weighted by Gasteiger charge is 2.20. The van der Waals surface area contributed by atoms with Crippen molar-refractivity contribution in [3.8, 4) is 11.1 Å². The van der Waals surface area contributed by atoms with E-state index in [1.54, 1.807) is 6.07 Å². The first-order valence-electron chi connectivity index (χ1n) is 10.1. The van der Waals surface area contributed by atoms with Gasteiger partial charge >= 0.3 is 11.9 Å². The van der Waals surface area contributed by atoms with E-state index in [0.717, 1.165) is 35.3 Å². The van der Waals surface area contributed by atoms with E-state index >= 15 is 0 Å². The Bertz CT molecular complexity index is 1290. The van der Waals surface area contributed by atoms with Gasteiger partial charge in [-0.25, -0.2) is 9.59 Å². The van der Waals surface area contributed by atoms with Crippen molar-refractivity contribution in [3.05, 3.63) is 101 Å². The van der Waals surface area contributed by atoms with E-state index in [1.165, 1.54) is 29.8 Å². The monoisotopic (exact) mass is 441 g/mol. The van der Waals surface area contributed by atoms with E-state index in [2.05, 4.69) is 11.4 Å². The van der Waals surface area contributed by atoms with Gasteiger partial charge in [-0.3, -0.25) is 9.59 Å². The average Bonchev–Trinajstić information content (AvgIpc) is 3.19. The number of anilines is 1. The van der Waals surface area contributed by atoms with Crippen LogP contribution in [0.5, 0.6) is 0 Å². The minimum absolute atomic E-state index is 0.213. The molecule has 33 heavy (non-hydrogen) atoms. The van der Waals surface area contributed by atoms with Gasteiger partial charge in [-0.2, -0.15) is 0 Å². The summed E-state index contributed by atoms with van der Waals surface area (Å²) in [5, 5.41) is 11.0. The van der Waals surface area contributed by atoms with Crippen molar-refractivity contribution in [2.24, 2.45) is 0 Å². The van der Waals surface area contributed by atoms with Gasteiger partial charge in [0.2, 0.25) is 5.91 Å². The third-order valence-electron chi connectivity index (χ3n) is 5.22. The van der Waals surface area contributed by atoms with Gasteiger partial charge in [0.15, 0.2) is 12.4 Å². The molecular weight excluding hydrogens is 422 g/mol. The van der Waals surface area contributed by atoms with Gasteiger partial charge in [-0.1, -0.05) is 36.4 Å². The molecule has 1 aliphatic rings. The molecule has 4 rings (SSSR count). The SMILES string of the molecule is O=C(O)/C=C/C(=O)Nc1ccc(C(=O)OCC(=O)c2ccc3c(c2)-c2ccccc2C3)cc1. The molecule has 0 saturated heterocycles. The number of ketones is 1. The predicted molar refractivity (Wildman–Crippen MR) is 121 cm³/mol. The maximum Gasteiger partial charge on any atom is 0.338 e. The highest BCUT2D eigenvalue weighted by Crippen LogP contribution is 2.36. The Morgan fingerprint density at radius 3 is 2.30 bits per heavy atom. The van der Waals surface area contributed by atoms with Crippen LogP contribution in [0.1, 0.15) is 31.8 Å². The number of nitrogens with one attached hydrogen (secondary N) is 1. The lowest BCUT2D eigenvalue weighted by molar-refractivity contribution is -0.131. The number of rotatable bonds is 7. The molecule has 0 atom stereocenters. The van der Waals surface area contributed by atoms with Crippen LogP contribution in [0.15, 0.2) is 78.9 Å². The van der Waals surface area contributed by atoms with Crippen LogP contribution >= 0.6 is 0 Å². The number of carboxylic acid groups (broad SMARTS) is 1. The topological polar surface area (TPSA) is 110 Å². The summed E-state index contributed by atoms with van der Waals surface area (Å²) in [4.78, 5) is 46.9. The fourth-order valence-electron chi connectivity index (χ4n) is 3.62. The third kappa shape index (κ3) is 5.04. The number of carbonyl (C=O) groups is 4. The van der Waals surface area contributed by atoms with Crippen molar-refractivity contribution in [2.75, 3.05) is 11.9 Å². The summed E-state index contributed by atoms with van der Waals surface area (Å²) in [5.74, 6) is -2.82. The second kappa shape index (κ2) is 9.32. The van der Waals surface area contributed by atoms with E-state index in [-0.39, 0.29) is 11.3 Å². The Morgan fingerprint density at radius 2 is 1.55 bits per heavy atom. The van der Waals surface area contributed by atoms with Gasteiger partial charge < -0.3 is 15.2 Å². The van der Waals surface area contributed by atoms with Crippen LogP contribution in [0.25, 0.3) is 11.1 Å². The highest BCUT2D eigenvalue weighted by molar-refractivity contribution is 6.03.